The second-order valence-corrected chi connectivity index (χ2v) is 13.5. The van der Waals surface area contributed by atoms with Gasteiger partial charge in [-0.05, 0) is 86.9 Å². The van der Waals surface area contributed by atoms with E-state index >= 15 is 0 Å². The summed E-state index contributed by atoms with van der Waals surface area (Å²) in [7, 11) is 0. The lowest BCUT2D eigenvalue weighted by Gasteiger charge is -2.13. The van der Waals surface area contributed by atoms with E-state index in [-0.39, 0.29) is 0 Å². The fraction of sp³-hybridized carbons (Fsp3) is 0. The van der Waals surface area contributed by atoms with Crippen LogP contribution in [-0.2, 0) is 0 Å². The van der Waals surface area contributed by atoms with Gasteiger partial charge in [-0.25, -0.2) is 15.0 Å². The van der Waals surface area contributed by atoms with Crippen molar-refractivity contribution in [2.24, 2.45) is 0 Å². The number of pyridine rings is 2. The number of imidazole rings is 1. The van der Waals surface area contributed by atoms with E-state index in [9.17, 15) is 0 Å². The van der Waals surface area contributed by atoms with Crippen molar-refractivity contribution in [1.29, 1.82) is 0 Å². The molecule has 0 saturated carbocycles. The topological polar surface area (TPSA) is 56.0 Å². The van der Waals surface area contributed by atoms with Gasteiger partial charge in [0.2, 0.25) is 0 Å². The molecule has 0 radical (unpaired) electrons. The summed E-state index contributed by atoms with van der Waals surface area (Å²) in [5, 5.41) is 6.90. The Bertz CT molecular complexity index is 3210. The quantitative estimate of drug-likeness (QED) is 0.174. The Morgan fingerprint density at radius 2 is 1.08 bits per heavy atom. The summed E-state index contributed by atoms with van der Waals surface area (Å²) in [5.74, 6) is 0. The Morgan fingerprint density at radius 3 is 1.87 bits per heavy atom. The zero-order valence-electron chi connectivity index (χ0n) is 28.5. The Kier molecular flexibility index (Phi) is 6.48. The van der Waals surface area contributed by atoms with Crippen LogP contribution in [0.5, 0.6) is 0 Å². The van der Waals surface area contributed by atoms with Crippen LogP contribution in [0.3, 0.4) is 0 Å². The first-order chi connectivity index (χ1) is 26.3. The maximum absolute atomic E-state index is 5.30. The third-order valence-corrected chi connectivity index (χ3v) is 10.4. The first kappa shape index (κ1) is 29.5. The van der Waals surface area contributed by atoms with Crippen LogP contribution in [0, 0.1) is 0 Å². The number of fused-ring (bicyclic) bond motifs is 11. The predicted octanol–water partition coefficient (Wildman–Crippen LogP) is 12.0. The van der Waals surface area contributed by atoms with Crippen molar-refractivity contribution < 1.29 is 0 Å². The van der Waals surface area contributed by atoms with E-state index in [1.807, 2.05) is 42.5 Å². The summed E-state index contributed by atoms with van der Waals surface area (Å²) >= 11 is 0. The molecule has 0 aliphatic rings. The molecule has 0 amide bonds. The molecule has 0 bridgehead atoms. The number of nitrogens with zero attached hydrogens (tertiary/aromatic N) is 5. The largest absolute Gasteiger partial charge is 0.299 e. The van der Waals surface area contributed by atoms with Crippen LogP contribution in [0.25, 0.3) is 105 Å². The number of rotatable bonds is 4. The molecule has 0 spiro atoms. The number of aromatic nitrogens is 5. The van der Waals surface area contributed by atoms with E-state index in [0.717, 1.165) is 77.6 Å². The van der Waals surface area contributed by atoms with Gasteiger partial charge < -0.3 is 0 Å². The highest BCUT2D eigenvalue weighted by molar-refractivity contribution is 6.25. The monoisotopic (exact) mass is 675 g/mol. The number of benzene rings is 7. The molecular weight excluding hydrogens is 647 g/mol. The Balaban J connectivity index is 1.12. The molecule has 4 heterocycles. The van der Waals surface area contributed by atoms with Crippen molar-refractivity contribution >= 4 is 60.0 Å². The maximum atomic E-state index is 5.30. The second-order valence-electron chi connectivity index (χ2n) is 13.5. The van der Waals surface area contributed by atoms with Crippen LogP contribution in [0.1, 0.15) is 0 Å². The highest BCUT2D eigenvalue weighted by atomic mass is 15.0. The first-order valence-electron chi connectivity index (χ1n) is 17.8. The summed E-state index contributed by atoms with van der Waals surface area (Å²) < 4.78 is 2.22. The van der Waals surface area contributed by atoms with Gasteiger partial charge in [-0.2, -0.15) is 0 Å². The van der Waals surface area contributed by atoms with E-state index in [2.05, 4.69) is 137 Å². The van der Waals surface area contributed by atoms with E-state index < -0.39 is 0 Å². The molecule has 0 unspecified atom stereocenters. The predicted molar refractivity (Wildman–Crippen MR) is 218 cm³/mol. The summed E-state index contributed by atoms with van der Waals surface area (Å²) in [4.78, 5) is 20.2. The molecule has 0 aliphatic carbocycles. The minimum atomic E-state index is 0.777. The Morgan fingerprint density at radius 1 is 0.396 bits per heavy atom. The standard InChI is InChI=1S/C48H29N5/c1-3-11-30(12-4-1)33-18-22-37-39(28-33)40-29-34(19-23-38(40)48-46(37)51-43-16-8-10-26-53(43)48)32-17-21-36-35(27-32)20-24-42-45(36)52-44(31-13-5-2-6-14-31)47(50-42)41-15-7-9-25-49-41/h1-29H. The molecule has 0 aliphatic heterocycles. The van der Waals surface area contributed by atoms with Gasteiger partial charge in [0.05, 0.1) is 33.5 Å². The van der Waals surface area contributed by atoms with Gasteiger partial charge in [-0.1, -0.05) is 115 Å². The molecule has 0 fully saturated rings. The van der Waals surface area contributed by atoms with Gasteiger partial charge >= 0.3 is 0 Å². The van der Waals surface area contributed by atoms with Crippen LogP contribution < -0.4 is 0 Å². The van der Waals surface area contributed by atoms with Crippen molar-refractivity contribution in [3.05, 3.63) is 176 Å². The number of hydrogen-bond acceptors (Lipinski definition) is 4. The normalized spacial score (nSPS) is 11.8. The molecule has 5 nitrogen and oxygen atoms in total. The van der Waals surface area contributed by atoms with Crippen LogP contribution in [0.2, 0.25) is 0 Å². The molecule has 0 saturated heterocycles. The second kappa shape index (κ2) is 11.7. The molecule has 5 heteroatoms. The summed E-state index contributed by atoms with van der Waals surface area (Å²) in [6, 6.07) is 57.5. The zero-order chi connectivity index (χ0) is 34.9. The molecule has 4 aromatic heterocycles. The molecule has 53 heavy (non-hydrogen) atoms. The molecule has 246 valence electrons. The Hall–Kier alpha value is -7.24. The highest BCUT2D eigenvalue weighted by Gasteiger charge is 2.18. The van der Waals surface area contributed by atoms with Crippen LogP contribution in [0.4, 0.5) is 0 Å². The molecular formula is C48H29N5. The van der Waals surface area contributed by atoms with E-state index in [4.69, 9.17) is 15.0 Å². The van der Waals surface area contributed by atoms with Crippen LogP contribution in [0.15, 0.2) is 176 Å². The SMILES string of the molecule is c1ccc(-c2ccc3c(c2)c2cc(-c4ccc5c(ccc6nc(-c7ccccn7)c(-c7ccccc7)nc65)c4)ccc2c2c3nc3ccccn32)cc1. The van der Waals surface area contributed by atoms with Gasteiger partial charge in [-0.15, -0.1) is 0 Å². The van der Waals surface area contributed by atoms with Gasteiger partial charge in [-0.3, -0.25) is 9.38 Å². The van der Waals surface area contributed by atoms with E-state index in [0.29, 0.717) is 0 Å². The smallest absolute Gasteiger partial charge is 0.137 e. The lowest BCUT2D eigenvalue weighted by Crippen LogP contribution is -1.97. The zero-order valence-corrected chi connectivity index (χ0v) is 28.5. The molecule has 0 N–H and O–H groups in total. The lowest BCUT2D eigenvalue weighted by atomic mass is 9.93. The minimum Gasteiger partial charge on any atom is -0.299 e. The third-order valence-electron chi connectivity index (χ3n) is 10.4. The average Bonchev–Trinajstić information content (AvgIpc) is 3.64. The van der Waals surface area contributed by atoms with E-state index in [1.165, 1.54) is 27.3 Å². The van der Waals surface area contributed by atoms with Crippen LogP contribution in [-0.4, -0.2) is 24.3 Å². The fourth-order valence-corrected chi connectivity index (χ4v) is 7.88. The Labute approximate surface area is 304 Å². The summed E-state index contributed by atoms with van der Waals surface area (Å²) in [6.45, 7) is 0. The van der Waals surface area contributed by atoms with Crippen molar-refractivity contribution in [3.8, 4) is 44.9 Å². The van der Waals surface area contributed by atoms with Crippen molar-refractivity contribution in [2.75, 3.05) is 0 Å². The van der Waals surface area contributed by atoms with Crippen molar-refractivity contribution in [3.63, 3.8) is 0 Å². The third kappa shape index (κ3) is 4.71. The van der Waals surface area contributed by atoms with Crippen molar-refractivity contribution in [2.45, 2.75) is 0 Å². The summed E-state index contributed by atoms with van der Waals surface area (Å²) in [6.07, 6.45) is 3.91. The first-order valence-corrected chi connectivity index (χ1v) is 17.8. The fourth-order valence-electron chi connectivity index (χ4n) is 7.88. The number of hydrogen-bond donors (Lipinski definition) is 0. The van der Waals surface area contributed by atoms with Crippen LogP contribution >= 0.6 is 0 Å². The molecule has 11 rings (SSSR count). The summed E-state index contributed by atoms with van der Waals surface area (Å²) in [5.41, 5.74) is 12.9. The minimum absolute atomic E-state index is 0.777. The lowest BCUT2D eigenvalue weighted by molar-refractivity contribution is 1.23. The van der Waals surface area contributed by atoms with Gasteiger partial charge in [0.1, 0.15) is 11.3 Å². The molecule has 11 aromatic rings. The molecule has 0 atom stereocenters. The van der Waals surface area contributed by atoms with Gasteiger partial charge in [0.25, 0.3) is 0 Å². The molecule has 7 aromatic carbocycles. The highest BCUT2D eigenvalue weighted by Crippen LogP contribution is 2.40. The van der Waals surface area contributed by atoms with Gasteiger partial charge in [0, 0.05) is 34.1 Å². The van der Waals surface area contributed by atoms with Crippen molar-refractivity contribution in [1.82, 2.24) is 24.3 Å². The maximum Gasteiger partial charge on any atom is 0.137 e. The van der Waals surface area contributed by atoms with Gasteiger partial charge in [0.15, 0.2) is 0 Å². The average molecular weight is 676 g/mol. The van der Waals surface area contributed by atoms with E-state index in [1.54, 1.807) is 6.20 Å².